The first-order valence-corrected chi connectivity index (χ1v) is 6.33. The first-order chi connectivity index (χ1) is 9.27. The second kappa shape index (κ2) is 6.56. The van der Waals surface area contributed by atoms with Crippen molar-refractivity contribution in [3.05, 3.63) is 0 Å². The SMILES string of the molecule is COC(=O)N[C@H](C(=O)N1CC(O)CC1C(=O)O)C(C)C. The molecule has 1 heterocycles. The first kappa shape index (κ1) is 16.2. The molecule has 0 aromatic rings. The van der Waals surface area contributed by atoms with E-state index in [1.54, 1.807) is 13.8 Å². The topological polar surface area (TPSA) is 116 Å². The van der Waals surface area contributed by atoms with Crippen LogP contribution in [0, 0.1) is 5.92 Å². The molecule has 0 aromatic heterocycles. The summed E-state index contributed by atoms with van der Waals surface area (Å²) in [4.78, 5) is 35.8. The molecule has 0 saturated carbocycles. The molecule has 114 valence electrons. The van der Waals surface area contributed by atoms with Crippen LogP contribution in [-0.4, -0.2) is 64.9 Å². The highest BCUT2D eigenvalue weighted by Gasteiger charge is 2.42. The molecule has 0 aromatic carbocycles. The van der Waals surface area contributed by atoms with Crippen molar-refractivity contribution in [3.8, 4) is 0 Å². The summed E-state index contributed by atoms with van der Waals surface area (Å²) >= 11 is 0. The fourth-order valence-corrected chi connectivity index (χ4v) is 2.17. The molecule has 20 heavy (non-hydrogen) atoms. The molecular weight excluding hydrogens is 268 g/mol. The molecule has 2 unspecified atom stereocenters. The van der Waals surface area contributed by atoms with Crippen LogP contribution in [0.5, 0.6) is 0 Å². The van der Waals surface area contributed by atoms with Crippen LogP contribution >= 0.6 is 0 Å². The summed E-state index contributed by atoms with van der Waals surface area (Å²) in [6, 6.07) is -1.97. The smallest absolute Gasteiger partial charge is 0.407 e. The minimum absolute atomic E-state index is 0.00981. The van der Waals surface area contributed by atoms with Crippen LogP contribution in [-0.2, 0) is 14.3 Å². The number of methoxy groups -OCH3 is 1. The van der Waals surface area contributed by atoms with E-state index in [0.717, 1.165) is 4.90 Å². The number of nitrogens with one attached hydrogen (secondary N) is 1. The van der Waals surface area contributed by atoms with Crippen molar-refractivity contribution < 1.29 is 29.3 Å². The number of carboxylic acid groups (broad SMARTS) is 1. The van der Waals surface area contributed by atoms with Crippen LogP contribution < -0.4 is 5.32 Å². The highest BCUT2D eigenvalue weighted by molar-refractivity contribution is 5.90. The molecule has 3 atom stereocenters. The highest BCUT2D eigenvalue weighted by atomic mass is 16.5. The molecule has 8 heteroatoms. The van der Waals surface area contributed by atoms with E-state index >= 15 is 0 Å². The number of hydrogen-bond acceptors (Lipinski definition) is 5. The van der Waals surface area contributed by atoms with Crippen molar-refractivity contribution in [2.24, 2.45) is 5.92 Å². The van der Waals surface area contributed by atoms with Gasteiger partial charge in [-0.2, -0.15) is 0 Å². The molecule has 1 rings (SSSR count). The van der Waals surface area contributed by atoms with Crippen LogP contribution in [0.3, 0.4) is 0 Å². The predicted molar refractivity (Wildman–Crippen MR) is 67.9 cm³/mol. The molecule has 1 aliphatic heterocycles. The molecule has 1 saturated heterocycles. The lowest BCUT2D eigenvalue weighted by Crippen LogP contribution is -2.53. The van der Waals surface area contributed by atoms with Crippen LogP contribution in [0.4, 0.5) is 4.79 Å². The number of aliphatic hydroxyl groups excluding tert-OH is 1. The van der Waals surface area contributed by atoms with E-state index in [4.69, 9.17) is 5.11 Å². The number of aliphatic carboxylic acids is 1. The van der Waals surface area contributed by atoms with Gasteiger partial charge in [0.25, 0.3) is 0 Å². The van der Waals surface area contributed by atoms with Crippen molar-refractivity contribution in [3.63, 3.8) is 0 Å². The maximum Gasteiger partial charge on any atom is 0.407 e. The lowest BCUT2D eigenvalue weighted by atomic mass is 10.0. The Bertz CT molecular complexity index is 397. The number of rotatable bonds is 4. The van der Waals surface area contributed by atoms with Crippen LogP contribution in [0.2, 0.25) is 0 Å². The number of amides is 2. The van der Waals surface area contributed by atoms with E-state index < -0.39 is 36.2 Å². The minimum Gasteiger partial charge on any atom is -0.480 e. The number of ether oxygens (including phenoxy) is 1. The van der Waals surface area contributed by atoms with Gasteiger partial charge in [-0.05, 0) is 5.92 Å². The second-order valence-electron chi connectivity index (χ2n) is 5.09. The third kappa shape index (κ3) is 3.60. The number of aliphatic hydroxyl groups is 1. The van der Waals surface area contributed by atoms with Gasteiger partial charge in [0, 0.05) is 13.0 Å². The summed E-state index contributed by atoms with van der Waals surface area (Å²) in [5.74, 6) is -1.95. The van der Waals surface area contributed by atoms with Crippen LogP contribution in [0.1, 0.15) is 20.3 Å². The summed E-state index contributed by atoms with van der Waals surface area (Å²) in [7, 11) is 1.18. The standard InChI is InChI=1S/C12H20N2O6/c1-6(2)9(13-12(19)20-3)10(16)14-5-7(15)4-8(14)11(17)18/h6-9,15H,4-5H2,1-3H3,(H,13,19)(H,17,18)/t7?,8?,9-/m0/s1. The monoisotopic (exact) mass is 288 g/mol. The zero-order chi connectivity index (χ0) is 15.4. The van der Waals surface area contributed by atoms with Crippen LogP contribution in [0.15, 0.2) is 0 Å². The Morgan fingerprint density at radius 1 is 1.35 bits per heavy atom. The van der Waals surface area contributed by atoms with Gasteiger partial charge in [0.15, 0.2) is 0 Å². The highest BCUT2D eigenvalue weighted by Crippen LogP contribution is 2.20. The predicted octanol–water partition coefficient (Wildman–Crippen LogP) is -0.587. The molecule has 2 amide bonds. The third-order valence-corrected chi connectivity index (χ3v) is 3.24. The Morgan fingerprint density at radius 2 is 1.95 bits per heavy atom. The molecule has 3 N–H and O–H groups in total. The number of carboxylic acids is 1. The number of carbonyl (C=O) groups is 3. The van der Waals surface area contributed by atoms with E-state index in [0.29, 0.717) is 0 Å². The number of alkyl carbamates (subject to hydrolysis) is 1. The van der Waals surface area contributed by atoms with Crippen molar-refractivity contribution >= 4 is 18.0 Å². The van der Waals surface area contributed by atoms with E-state index in [1.807, 2.05) is 0 Å². The lowest BCUT2D eigenvalue weighted by Gasteiger charge is -2.28. The number of nitrogens with zero attached hydrogens (tertiary/aromatic N) is 1. The molecule has 1 fully saturated rings. The number of hydrogen-bond donors (Lipinski definition) is 3. The summed E-state index contributed by atoms with van der Waals surface area (Å²) in [6.45, 7) is 3.39. The molecule has 0 spiro atoms. The van der Waals surface area contributed by atoms with E-state index in [2.05, 4.69) is 10.1 Å². The lowest BCUT2D eigenvalue weighted by molar-refractivity contribution is -0.149. The maximum atomic E-state index is 12.4. The van der Waals surface area contributed by atoms with Gasteiger partial charge in [0.05, 0.1) is 13.2 Å². The summed E-state index contributed by atoms with van der Waals surface area (Å²) in [5, 5.41) is 21.0. The summed E-state index contributed by atoms with van der Waals surface area (Å²) in [5.41, 5.74) is 0. The number of β-amino-alcohol motifs (C(OH)–C–C–N with tert-alkyl or cyclic N) is 1. The van der Waals surface area contributed by atoms with Gasteiger partial charge in [-0.25, -0.2) is 9.59 Å². The zero-order valence-electron chi connectivity index (χ0n) is 11.7. The van der Waals surface area contributed by atoms with Gasteiger partial charge in [-0.3, -0.25) is 4.79 Å². The van der Waals surface area contributed by atoms with Crippen molar-refractivity contribution in [1.29, 1.82) is 0 Å². The minimum atomic E-state index is -1.17. The van der Waals surface area contributed by atoms with E-state index in [9.17, 15) is 19.5 Å². The summed E-state index contributed by atoms with van der Waals surface area (Å²) in [6.07, 6.45) is -1.64. The number of likely N-dealkylation sites (tertiary alicyclic amines) is 1. The molecule has 0 aliphatic carbocycles. The third-order valence-electron chi connectivity index (χ3n) is 3.24. The Hall–Kier alpha value is -1.83. The Kier molecular flexibility index (Phi) is 5.32. The Morgan fingerprint density at radius 3 is 2.40 bits per heavy atom. The Balaban J connectivity index is 2.88. The van der Waals surface area contributed by atoms with Crippen molar-refractivity contribution in [2.45, 2.75) is 38.5 Å². The zero-order valence-corrected chi connectivity index (χ0v) is 11.7. The van der Waals surface area contributed by atoms with Crippen molar-refractivity contribution in [2.75, 3.05) is 13.7 Å². The largest absolute Gasteiger partial charge is 0.480 e. The normalized spacial score (nSPS) is 23.6. The molecule has 8 nitrogen and oxygen atoms in total. The molecule has 0 bridgehead atoms. The first-order valence-electron chi connectivity index (χ1n) is 6.33. The molecular formula is C12H20N2O6. The molecule has 0 radical (unpaired) electrons. The fourth-order valence-electron chi connectivity index (χ4n) is 2.17. The van der Waals surface area contributed by atoms with Gasteiger partial charge in [0.1, 0.15) is 12.1 Å². The van der Waals surface area contributed by atoms with Crippen molar-refractivity contribution in [1.82, 2.24) is 10.2 Å². The molecule has 1 aliphatic rings. The fraction of sp³-hybridized carbons (Fsp3) is 0.750. The second-order valence-corrected chi connectivity index (χ2v) is 5.09. The quantitative estimate of drug-likeness (QED) is 0.637. The average Bonchev–Trinajstić information content (AvgIpc) is 2.76. The maximum absolute atomic E-state index is 12.4. The van der Waals surface area contributed by atoms with Gasteiger partial charge in [0.2, 0.25) is 5.91 Å². The van der Waals surface area contributed by atoms with Gasteiger partial charge >= 0.3 is 12.1 Å². The van der Waals surface area contributed by atoms with E-state index in [-0.39, 0.29) is 18.9 Å². The van der Waals surface area contributed by atoms with Crippen LogP contribution in [0.25, 0.3) is 0 Å². The van der Waals surface area contributed by atoms with Gasteiger partial charge < -0.3 is 25.2 Å². The average molecular weight is 288 g/mol. The van der Waals surface area contributed by atoms with Gasteiger partial charge in [-0.1, -0.05) is 13.8 Å². The number of carbonyl (C=O) groups excluding carboxylic acids is 2. The van der Waals surface area contributed by atoms with Gasteiger partial charge in [-0.15, -0.1) is 0 Å². The Labute approximate surface area is 116 Å². The van der Waals surface area contributed by atoms with E-state index in [1.165, 1.54) is 7.11 Å². The summed E-state index contributed by atoms with van der Waals surface area (Å²) < 4.78 is 4.45.